The van der Waals surface area contributed by atoms with E-state index in [9.17, 15) is 29.4 Å². The summed E-state index contributed by atoms with van der Waals surface area (Å²) in [6.07, 6.45) is 2.91. The lowest BCUT2D eigenvalue weighted by Crippen LogP contribution is -2.34. The molecule has 6 N–H and O–H groups in total. The molecule has 2 aromatic rings. The third-order valence-corrected chi connectivity index (χ3v) is 10.1. The number of carboxylic acids is 2. The molecule has 44 heavy (non-hydrogen) atoms. The number of rotatable bonds is 14. The number of hydrogen-bond acceptors (Lipinski definition) is 5. The van der Waals surface area contributed by atoms with E-state index < -0.39 is 11.9 Å². The Labute approximate surface area is 264 Å². The van der Waals surface area contributed by atoms with E-state index in [1.807, 2.05) is 41.5 Å². The Bertz CT molecular complexity index is 1490. The molecule has 0 bridgehead atoms. The molecule has 2 aliphatic heterocycles. The second-order valence-corrected chi connectivity index (χ2v) is 13.3. The van der Waals surface area contributed by atoms with Crippen LogP contribution in [-0.4, -0.2) is 61.3 Å². The second-order valence-electron chi connectivity index (χ2n) is 12.5. The third-order valence-electron chi connectivity index (χ3n) is 9.78. The molecule has 1 fully saturated rings. The van der Waals surface area contributed by atoms with E-state index in [0.29, 0.717) is 38.5 Å². The van der Waals surface area contributed by atoms with Gasteiger partial charge in [0, 0.05) is 83.6 Å². The van der Waals surface area contributed by atoms with E-state index in [4.69, 9.17) is 0 Å². The summed E-state index contributed by atoms with van der Waals surface area (Å²) in [5.41, 5.74) is 9.35. The zero-order chi connectivity index (χ0) is 32.5. The average Bonchev–Trinajstić information content (AvgIpc) is 3.59. The van der Waals surface area contributed by atoms with Gasteiger partial charge in [-0.15, -0.1) is 0 Å². The van der Waals surface area contributed by atoms with Crippen molar-refractivity contribution in [3.8, 4) is 0 Å². The van der Waals surface area contributed by atoms with Crippen LogP contribution < -0.4 is 10.6 Å². The summed E-state index contributed by atoms with van der Waals surface area (Å²) >= 11 is 4.67. The first kappa shape index (κ1) is 33.4. The van der Waals surface area contributed by atoms with Crippen molar-refractivity contribution in [3.63, 3.8) is 0 Å². The Morgan fingerprint density at radius 2 is 1.39 bits per heavy atom. The molecule has 0 saturated carbocycles. The number of nitrogens with one attached hydrogen (secondary N) is 4. The van der Waals surface area contributed by atoms with Gasteiger partial charge in [-0.1, -0.05) is 20.8 Å². The predicted octanol–water partition coefficient (Wildman–Crippen LogP) is 3.96. The Morgan fingerprint density at radius 1 is 0.864 bits per heavy atom. The maximum absolute atomic E-state index is 12.6. The highest BCUT2D eigenvalue weighted by molar-refractivity contribution is 7.80. The summed E-state index contributed by atoms with van der Waals surface area (Å²) in [5.74, 6) is -1.88. The van der Waals surface area contributed by atoms with Crippen molar-refractivity contribution >= 4 is 36.4 Å². The fourth-order valence-corrected chi connectivity index (χ4v) is 7.70. The Hall–Kier alpha value is -3.47. The van der Waals surface area contributed by atoms with Crippen molar-refractivity contribution in [1.82, 2.24) is 20.6 Å². The van der Waals surface area contributed by atoms with E-state index in [1.54, 1.807) is 0 Å². The number of aromatic amines is 2. The van der Waals surface area contributed by atoms with Crippen LogP contribution in [0.1, 0.15) is 92.0 Å². The van der Waals surface area contributed by atoms with Crippen LogP contribution in [0.4, 0.5) is 0 Å². The molecule has 0 spiro atoms. The van der Waals surface area contributed by atoms with Gasteiger partial charge in [-0.2, -0.15) is 12.6 Å². The first-order valence-electron chi connectivity index (χ1n) is 15.5. The number of hydrogen-bond donors (Lipinski definition) is 7. The minimum absolute atomic E-state index is 0.0171. The van der Waals surface area contributed by atoms with E-state index >= 15 is 0 Å². The van der Waals surface area contributed by atoms with E-state index in [1.165, 1.54) is 0 Å². The molecule has 2 aromatic heterocycles. The average molecular weight is 627 g/mol. The molecule has 11 heteroatoms. The summed E-state index contributed by atoms with van der Waals surface area (Å²) in [5, 5.41) is 25.2. The molecule has 0 aliphatic carbocycles. The normalized spacial score (nSPS) is 22.4. The van der Waals surface area contributed by atoms with Crippen LogP contribution in [0.2, 0.25) is 0 Å². The van der Waals surface area contributed by atoms with Gasteiger partial charge in [0.1, 0.15) is 0 Å². The highest BCUT2D eigenvalue weighted by Gasteiger charge is 2.41. The lowest BCUT2D eigenvalue weighted by Gasteiger charge is -2.24. The van der Waals surface area contributed by atoms with Gasteiger partial charge in [0.15, 0.2) is 0 Å². The van der Waals surface area contributed by atoms with Gasteiger partial charge in [0.2, 0.25) is 11.8 Å². The molecule has 2 amide bonds. The Kier molecular flexibility index (Phi) is 10.4. The Morgan fingerprint density at radius 3 is 1.84 bits per heavy atom. The van der Waals surface area contributed by atoms with Crippen molar-refractivity contribution in [2.24, 2.45) is 11.8 Å². The van der Waals surface area contributed by atoms with Crippen LogP contribution >= 0.6 is 12.6 Å². The van der Waals surface area contributed by atoms with Gasteiger partial charge in [-0.25, -0.2) is 0 Å². The molecule has 5 atom stereocenters. The number of H-pyrrole nitrogens is 2. The molecule has 1 saturated heterocycles. The standard InChI is InChI=1S/C33H46N4O6S/c1-7-20-15(2)25(36-33(20)43)12-23-16(3)21(8-10-29(38)39)26(34-23)14-27-22(9-11-30(40)41)17(4)24(35-27)13-28-31(19(6)44)18(5)32(42)37-28/h18-19,25,28,31,34-35,44H,7-14H2,1-6H3,(H,36,43)(H,37,42)(H,38,39)(H,40,41)/t18?,19-,25+,28?,31-/m0/s1. The number of aromatic nitrogens is 2. The quantitative estimate of drug-likeness (QED) is 0.157. The maximum Gasteiger partial charge on any atom is 0.303 e. The monoisotopic (exact) mass is 626 g/mol. The van der Waals surface area contributed by atoms with Gasteiger partial charge in [-0.3, -0.25) is 19.2 Å². The summed E-state index contributed by atoms with van der Waals surface area (Å²) in [6, 6.07) is -0.231. The van der Waals surface area contributed by atoms with Crippen molar-refractivity contribution in [2.45, 2.75) is 110 Å². The SMILES string of the molecule is CCC1=C(C)[C@@H](Cc2[nH]c(Cc3[nH]c(CC4NC(=O)C(C)[C@H]4[C@H](C)S)c(C)c3CCC(=O)O)c(CCC(=O)O)c2C)NC1=O. The zero-order valence-electron chi connectivity index (χ0n) is 26.5. The van der Waals surface area contributed by atoms with Crippen molar-refractivity contribution in [2.75, 3.05) is 0 Å². The van der Waals surface area contributed by atoms with Gasteiger partial charge in [-0.05, 0) is 67.9 Å². The molecule has 2 aliphatic rings. The molecule has 0 aromatic carbocycles. The van der Waals surface area contributed by atoms with Gasteiger partial charge in [0.25, 0.3) is 0 Å². The number of carbonyl (C=O) groups is 4. The fourth-order valence-electron chi connectivity index (χ4n) is 7.23. The molecule has 10 nitrogen and oxygen atoms in total. The number of thiol groups is 1. The largest absolute Gasteiger partial charge is 0.481 e. The van der Waals surface area contributed by atoms with E-state index in [-0.39, 0.29) is 53.8 Å². The second kappa shape index (κ2) is 13.7. The van der Waals surface area contributed by atoms with E-state index in [0.717, 1.165) is 56.2 Å². The minimum Gasteiger partial charge on any atom is -0.481 e. The zero-order valence-corrected chi connectivity index (χ0v) is 27.4. The summed E-state index contributed by atoms with van der Waals surface area (Å²) < 4.78 is 0. The van der Waals surface area contributed by atoms with Gasteiger partial charge >= 0.3 is 11.9 Å². The van der Waals surface area contributed by atoms with Crippen LogP contribution in [0.25, 0.3) is 0 Å². The van der Waals surface area contributed by atoms with Crippen LogP contribution in [0, 0.1) is 25.7 Å². The van der Waals surface area contributed by atoms with Gasteiger partial charge < -0.3 is 30.8 Å². The lowest BCUT2D eigenvalue weighted by atomic mass is 9.86. The highest BCUT2D eigenvalue weighted by Crippen LogP contribution is 2.34. The smallest absolute Gasteiger partial charge is 0.303 e. The van der Waals surface area contributed by atoms with Crippen LogP contribution in [0.5, 0.6) is 0 Å². The number of aliphatic carboxylic acids is 2. The minimum atomic E-state index is -0.882. The lowest BCUT2D eigenvalue weighted by molar-refractivity contribution is -0.138. The fraction of sp³-hybridized carbons (Fsp3) is 0.576. The first-order valence-corrected chi connectivity index (χ1v) is 16.1. The van der Waals surface area contributed by atoms with Crippen LogP contribution in [-0.2, 0) is 51.3 Å². The number of amides is 2. The molecule has 4 rings (SSSR count). The van der Waals surface area contributed by atoms with Crippen molar-refractivity contribution in [3.05, 3.63) is 56.2 Å². The molecule has 2 unspecified atom stereocenters. The molecule has 4 heterocycles. The summed E-state index contributed by atoms with van der Waals surface area (Å²) in [6.45, 7) is 11.9. The van der Waals surface area contributed by atoms with Crippen molar-refractivity contribution < 1.29 is 29.4 Å². The topological polar surface area (TPSA) is 164 Å². The number of carboxylic acid groups (broad SMARTS) is 2. The predicted molar refractivity (Wildman–Crippen MR) is 171 cm³/mol. The summed E-state index contributed by atoms with van der Waals surface area (Å²) in [7, 11) is 0. The van der Waals surface area contributed by atoms with Crippen molar-refractivity contribution in [1.29, 1.82) is 0 Å². The summed E-state index contributed by atoms with van der Waals surface area (Å²) in [4.78, 5) is 55.3. The highest BCUT2D eigenvalue weighted by atomic mass is 32.1. The molecular formula is C33H46N4O6S. The first-order chi connectivity index (χ1) is 20.7. The van der Waals surface area contributed by atoms with Crippen LogP contribution in [0.3, 0.4) is 0 Å². The van der Waals surface area contributed by atoms with Crippen LogP contribution in [0.15, 0.2) is 11.1 Å². The number of carbonyl (C=O) groups excluding carboxylic acids is 2. The third kappa shape index (κ3) is 6.92. The Balaban J connectivity index is 1.70. The maximum atomic E-state index is 12.6. The van der Waals surface area contributed by atoms with Gasteiger partial charge in [0.05, 0.1) is 6.04 Å². The molecular weight excluding hydrogens is 580 g/mol. The molecule has 240 valence electrons. The molecule has 0 radical (unpaired) electrons. The van der Waals surface area contributed by atoms with E-state index in [2.05, 4.69) is 33.2 Å².